The molecule has 1 heterocycles. The Labute approximate surface area is 225 Å². The fourth-order valence-electron chi connectivity index (χ4n) is 5.23. The summed E-state index contributed by atoms with van der Waals surface area (Å²) in [5, 5.41) is 3.04. The number of amides is 1. The van der Waals surface area contributed by atoms with Gasteiger partial charge in [-0.15, -0.1) is 12.4 Å². The smallest absolute Gasteiger partial charge is 0.251 e. The van der Waals surface area contributed by atoms with Crippen LogP contribution in [0.3, 0.4) is 0 Å². The first-order valence-corrected chi connectivity index (χ1v) is 13.0. The predicted octanol–water partition coefficient (Wildman–Crippen LogP) is 6.86. The van der Waals surface area contributed by atoms with E-state index in [0.29, 0.717) is 23.6 Å². The third-order valence-electron chi connectivity index (χ3n) is 7.42. The van der Waals surface area contributed by atoms with Crippen LogP contribution in [-0.2, 0) is 6.42 Å². The monoisotopic (exact) mass is 526 g/mol. The minimum absolute atomic E-state index is 0. The molecule has 1 amide bonds. The summed E-state index contributed by atoms with van der Waals surface area (Å²) in [6.07, 6.45) is 4.21. The number of likely N-dealkylation sites (tertiary alicyclic amines) is 1. The van der Waals surface area contributed by atoms with Gasteiger partial charge in [0.1, 0.15) is 0 Å². The Bertz CT molecular complexity index is 1160. The molecule has 1 atom stereocenters. The molecule has 3 aromatic carbocycles. The normalized spacial score (nSPS) is 15.1. The van der Waals surface area contributed by atoms with Crippen molar-refractivity contribution >= 4 is 18.3 Å². The molecule has 198 valence electrons. The lowest BCUT2D eigenvalue weighted by Gasteiger charge is -2.33. The molecule has 3 aromatic rings. The van der Waals surface area contributed by atoms with Crippen molar-refractivity contribution in [2.45, 2.75) is 45.4 Å². The Morgan fingerprint density at radius 2 is 1.70 bits per heavy atom. The average Bonchev–Trinajstić information content (AvgIpc) is 2.87. The molecule has 0 saturated carbocycles. The van der Waals surface area contributed by atoms with Crippen LogP contribution in [0.1, 0.15) is 57.8 Å². The standard InChI is InChI=1S/C31H36F2N2O.ClH/c1-22-8-10-28(23(2)18-22)31(36)34-21-27(26-9-11-29(32)30(33)20-26)14-17-35-15-12-25(13-16-35)19-24-6-4-3-5-7-24;/h3-11,18,20,25,27H,12-17,19,21H2,1-2H3,(H,34,36);1H. The zero-order chi connectivity index (χ0) is 25.5. The first-order chi connectivity index (χ1) is 17.4. The van der Waals surface area contributed by atoms with Gasteiger partial charge in [-0.25, -0.2) is 8.78 Å². The van der Waals surface area contributed by atoms with E-state index in [4.69, 9.17) is 0 Å². The van der Waals surface area contributed by atoms with E-state index in [0.717, 1.165) is 56.4 Å². The number of carbonyl (C=O) groups excluding carboxylic acids is 1. The molecular formula is C31H37ClF2N2O. The molecule has 0 radical (unpaired) electrons. The lowest BCUT2D eigenvalue weighted by Crippen LogP contribution is -2.36. The van der Waals surface area contributed by atoms with E-state index < -0.39 is 11.6 Å². The number of hydrogen-bond donors (Lipinski definition) is 1. The first kappa shape index (κ1) is 28.8. The van der Waals surface area contributed by atoms with Crippen LogP contribution in [0, 0.1) is 31.4 Å². The van der Waals surface area contributed by atoms with Crippen LogP contribution in [0.4, 0.5) is 8.78 Å². The summed E-state index contributed by atoms with van der Waals surface area (Å²) in [6.45, 7) is 7.24. The van der Waals surface area contributed by atoms with Gasteiger partial charge in [-0.2, -0.15) is 0 Å². The second-order valence-electron chi connectivity index (χ2n) is 10.2. The van der Waals surface area contributed by atoms with Crippen LogP contribution >= 0.6 is 12.4 Å². The molecule has 1 unspecified atom stereocenters. The highest BCUT2D eigenvalue weighted by atomic mass is 35.5. The van der Waals surface area contributed by atoms with Crippen molar-refractivity contribution in [1.29, 1.82) is 0 Å². The number of carbonyl (C=O) groups is 1. The molecular weight excluding hydrogens is 490 g/mol. The Kier molecular flexibility index (Phi) is 10.7. The molecule has 0 bridgehead atoms. The molecule has 4 rings (SSSR count). The maximum Gasteiger partial charge on any atom is 0.251 e. The van der Waals surface area contributed by atoms with E-state index in [-0.39, 0.29) is 24.2 Å². The third kappa shape index (κ3) is 8.11. The van der Waals surface area contributed by atoms with Crippen molar-refractivity contribution in [3.8, 4) is 0 Å². The van der Waals surface area contributed by atoms with E-state index in [1.807, 2.05) is 32.0 Å². The van der Waals surface area contributed by atoms with Gasteiger partial charge < -0.3 is 10.2 Å². The van der Waals surface area contributed by atoms with Gasteiger partial charge in [0.05, 0.1) is 0 Å². The van der Waals surface area contributed by atoms with Crippen LogP contribution in [-0.4, -0.2) is 37.0 Å². The molecule has 37 heavy (non-hydrogen) atoms. The zero-order valence-electron chi connectivity index (χ0n) is 21.7. The zero-order valence-corrected chi connectivity index (χ0v) is 22.5. The van der Waals surface area contributed by atoms with Gasteiger partial charge in [-0.1, -0.05) is 54.1 Å². The van der Waals surface area contributed by atoms with Gasteiger partial charge >= 0.3 is 0 Å². The first-order valence-electron chi connectivity index (χ1n) is 13.0. The highest BCUT2D eigenvalue weighted by Crippen LogP contribution is 2.25. The average molecular weight is 527 g/mol. The van der Waals surface area contributed by atoms with Gasteiger partial charge in [0, 0.05) is 18.0 Å². The molecule has 3 nitrogen and oxygen atoms in total. The van der Waals surface area contributed by atoms with Gasteiger partial charge in [0.25, 0.3) is 5.91 Å². The van der Waals surface area contributed by atoms with Gasteiger partial charge in [-0.3, -0.25) is 4.79 Å². The fraction of sp³-hybridized carbons (Fsp3) is 0.387. The van der Waals surface area contributed by atoms with Gasteiger partial charge in [0.2, 0.25) is 0 Å². The van der Waals surface area contributed by atoms with Crippen molar-refractivity contribution in [1.82, 2.24) is 10.2 Å². The SMILES string of the molecule is Cc1ccc(C(=O)NCC(CCN2CCC(Cc3ccccc3)CC2)c2ccc(F)c(F)c2)c(C)c1.Cl. The van der Waals surface area contributed by atoms with Crippen molar-refractivity contribution < 1.29 is 13.6 Å². The van der Waals surface area contributed by atoms with Crippen LogP contribution in [0.2, 0.25) is 0 Å². The number of benzene rings is 3. The summed E-state index contributed by atoms with van der Waals surface area (Å²) < 4.78 is 27.6. The maximum atomic E-state index is 14.0. The van der Waals surface area contributed by atoms with Crippen molar-refractivity contribution in [2.24, 2.45) is 5.92 Å². The molecule has 6 heteroatoms. The van der Waals surface area contributed by atoms with Crippen molar-refractivity contribution in [2.75, 3.05) is 26.2 Å². The topological polar surface area (TPSA) is 32.3 Å². The van der Waals surface area contributed by atoms with Gasteiger partial charge in [-0.05, 0) is 100.0 Å². The second kappa shape index (κ2) is 13.7. The fourth-order valence-corrected chi connectivity index (χ4v) is 5.23. The Hall–Kier alpha value is -2.76. The summed E-state index contributed by atoms with van der Waals surface area (Å²) in [6, 6.07) is 20.5. The third-order valence-corrected chi connectivity index (χ3v) is 7.42. The number of aryl methyl sites for hydroxylation is 2. The van der Waals surface area contributed by atoms with Crippen LogP contribution in [0.5, 0.6) is 0 Å². The number of nitrogens with one attached hydrogen (secondary N) is 1. The molecule has 1 aliphatic heterocycles. The molecule has 1 fully saturated rings. The Morgan fingerprint density at radius 3 is 2.38 bits per heavy atom. The summed E-state index contributed by atoms with van der Waals surface area (Å²) in [5.74, 6) is -1.24. The Balaban J connectivity index is 0.00000380. The van der Waals surface area contributed by atoms with Crippen molar-refractivity contribution in [3.63, 3.8) is 0 Å². The lowest BCUT2D eigenvalue weighted by molar-refractivity contribution is 0.0948. The van der Waals surface area contributed by atoms with Crippen LogP contribution < -0.4 is 5.32 Å². The summed E-state index contributed by atoms with van der Waals surface area (Å²) in [5.41, 5.74) is 4.79. The van der Waals surface area contributed by atoms with E-state index in [1.54, 1.807) is 6.07 Å². The number of nitrogens with zero attached hydrogens (tertiary/aromatic N) is 1. The number of piperidine rings is 1. The second-order valence-corrected chi connectivity index (χ2v) is 10.2. The highest BCUT2D eigenvalue weighted by molar-refractivity contribution is 5.95. The minimum Gasteiger partial charge on any atom is -0.351 e. The summed E-state index contributed by atoms with van der Waals surface area (Å²) in [4.78, 5) is 15.3. The molecule has 0 aliphatic carbocycles. The number of hydrogen-bond acceptors (Lipinski definition) is 2. The van der Waals surface area contributed by atoms with E-state index >= 15 is 0 Å². The molecule has 1 saturated heterocycles. The van der Waals surface area contributed by atoms with E-state index in [2.05, 4.69) is 40.5 Å². The Morgan fingerprint density at radius 1 is 0.973 bits per heavy atom. The number of rotatable bonds is 9. The molecule has 0 spiro atoms. The predicted molar refractivity (Wildman–Crippen MR) is 149 cm³/mol. The van der Waals surface area contributed by atoms with Crippen LogP contribution in [0.15, 0.2) is 66.7 Å². The summed E-state index contributed by atoms with van der Waals surface area (Å²) in [7, 11) is 0. The molecule has 0 aromatic heterocycles. The molecule has 1 aliphatic rings. The van der Waals surface area contributed by atoms with Crippen LogP contribution in [0.25, 0.3) is 0 Å². The minimum atomic E-state index is -0.850. The quantitative estimate of drug-likeness (QED) is 0.330. The lowest BCUT2D eigenvalue weighted by atomic mass is 9.89. The van der Waals surface area contributed by atoms with Crippen molar-refractivity contribution in [3.05, 3.63) is 106 Å². The highest BCUT2D eigenvalue weighted by Gasteiger charge is 2.22. The largest absolute Gasteiger partial charge is 0.351 e. The molecule has 1 N–H and O–H groups in total. The summed E-state index contributed by atoms with van der Waals surface area (Å²) >= 11 is 0. The van der Waals surface area contributed by atoms with Gasteiger partial charge in [0.15, 0.2) is 11.6 Å². The van der Waals surface area contributed by atoms with E-state index in [9.17, 15) is 13.6 Å². The number of halogens is 3. The van der Waals surface area contributed by atoms with E-state index in [1.165, 1.54) is 17.7 Å². The maximum absolute atomic E-state index is 14.0.